The van der Waals surface area contributed by atoms with Crippen LogP contribution in [-0.4, -0.2) is 55.1 Å². The molecule has 1 aliphatic heterocycles. The summed E-state index contributed by atoms with van der Waals surface area (Å²) in [5.41, 5.74) is 0. The summed E-state index contributed by atoms with van der Waals surface area (Å²) in [7, 11) is 3.14. The van der Waals surface area contributed by atoms with Crippen LogP contribution in [0.15, 0.2) is 0 Å². The number of carbonyl (C=O) groups is 1. The van der Waals surface area contributed by atoms with Gasteiger partial charge >= 0.3 is 5.97 Å². The quantitative estimate of drug-likeness (QED) is 0.645. The average molecular weight is 203 g/mol. The second-order valence-electron chi connectivity index (χ2n) is 3.49. The predicted molar refractivity (Wildman–Crippen MR) is 50.0 cm³/mol. The van der Waals surface area contributed by atoms with Crippen LogP contribution < -0.4 is 0 Å². The Hall–Kier alpha value is -0.650. The van der Waals surface area contributed by atoms with Crippen molar-refractivity contribution < 1.29 is 19.4 Å². The van der Waals surface area contributed by atoms with E-state index in [1.807, 2.05) is 11.8 Å². The van der Waals surface area contributed by atoms with E-state index in [0.29, 0.717) is 19.5 Å². The molecular weight excluding hydrogens is 186 g/mol. The molecule has 1 atom stereocenters. The molecule has 0 amide bonds. The van der Waals surface area contributed by atoms with Gasteiger partial charge in [-0.1, -0.05) is 6.92 Å². The maximum Gasteiger partial charge on any atom is 0.320 e. The van der Waals surface area contributed by atoms with Crippen molar-refractivity contribution in [1.82, 2.24) is 4.90 Å². The lowest BCUT2D eigenvalue weighted by atomic mass is 10.0. The third-order valence-electron chi connectivity index (χ3n) is 2.74. The average Bonchev–Trinajstić information content (AvgIpc) is 2.10. The molecule has 14 heavy (non-hydrogen) atoms. The van der Waals surface area contributed by atoms with E-state index >= 15 is 0 Å². The fourth-order valence-corrected chi connectivity index (χ4v) is 1.72. The Bertz CT molecular complexity index is 207. The number of methoxy groups -OCH3 is 2. The molecule has 1 aliphatic rings. The van der Waals surface area contributed by atoms with Gasteiger partial charge in [-0.05, 0) is 6.42 Å². The van der Waals surface area contributed by atoms with Gasteiger partial charge in [-0.3, -0.25) is 9.69 Å². The van der Waals surface area contributed by atoms with E-state index in [-0.39, 0.29) is 0 Å². The van der Waals surface area contributed by atoms with Gasteiger partial charge in [-0.25, -0.2) is 0 Å². The highest BCUT2D eigenvalue weighted by molar-refractivity contribution is 5.73. The molecule has 5 nitrogen and oxygen atoms in total. The van der Waals surface area contributed by atoms with E-state index in [1.54, 1.807) is 14.2 Å². The molecule has 1 heterocycles. The number of carboxylic acid groups (broad SMARTS) is 1. The number of rotatable bonds is 5. The predicted octanol–water partition coefficient (Wildman–Crippen LogP) is 0.154. The minimum Gasteiger partial charge on any atom is -0.480 e. The van der Waals surface area contributed by atoms with Crippen LogP contribution in [0.5, 0.6) is 0 Å². The summed E-state index contributed by atoms with van der Waals surface area (Å²) in [5.74, 6) is -1.38. The maximum absolute atomic E-state index is 10.8. The van der Waals surface area contributed by atoms with Crippen LogP contribution in [0.3, 0.4) is 0 Å². The lowest BCUT2D eigenvalue weighted by Gasteiger charge is -2.49. The standard InChI is InChI=1S/C9H17NO4/c1-4-7(8(11)12)10-5-9(6-10,13-2)14-3/h7H,4-6H2,1-3H3,(H,11,12). The van der Waals surface area contributed by atoms with E-state index in [2.05, 4.69) is 0 Å². The summed E-state index contributed by atoms with van der Waals surface area (Å²) in [6.45, 7) is 2.90. The molecule has 1 rings (SSSR count). The number of aliphatic carboxylic acids is 1. The van der Waals surface area contributed by atoms with Gasteiger partial charge in [0, 0.05) is 14.2 Å². The van der Waals surface area contributed by atoms with Crippen molar-refractivity contribution in [1.29, 1.82) is 0 Å². The van der Waals surface area contributed by atoms with Crippen molar-refractivity contribution in [2.45, 2.75) is 25.2 Å². The number of nitrogens with zero attached hydrogens (tertiary/aromatic N) is 1. The minimum atomic E-state index is -0.784. The number of carboxylic acids is 1. The van der Waals surface area contributed by atoms with E-state index in [4.69, 9.17) is 14.6 Å². The fraction of sp³-hybridized carbons (Fsp3) is 0.889. The Morgan fingerprint density at radius 2 is 2.00 bits per heavy atom. The van der Waals surface area contributed by atoms with Crippen molar-refractivity contribution in [2.75, 3.05) is 27.3 Å². The Morgan fingerprint density at radius 3 is 2.29 bits per heavy atom. The lowest BCUT2D eigenvalue weighted by molar-refractivity contribution is -0.281. The summed E-state index contributed by atoms with van der Waals surface area (Å²) in [6.07, 6.45) is 0.596. The molecule has 0 aromatic rings. The van der Waals surface area contributed by atoms with Crippen LogP contribution in [0.25, 0.3) is 0 Å². The van der Waals surface area contributed by atoms with E-state index in [0.717, 1.165) is 0 Å². The largest absolute Gasteiger partial charge is 0.480 e. The number of hydrogen-bond acceptors (Lipinski definition) is 4. The molecule has 0 saturated carbocycles. The van der Waals surface area contributed by atoms with Crippen molar-refractivity contribution in [3.63, 3.8) is 0 Å². The second-order valence-corrected chi connectivity index (χ2v) is 3.49. The van der Waals surface area contributed by atoms with Crippen molar-refractivity contribution >= 4 is 5.97 Å². The van der Waals surface area contributed by atoms with E-state index in [9.17, 15) is 4.79 Å². The van der Waals surface area contributed by atoms with Crippen molar-refractivity contribution in [2.24, 2.45) is 0 Å². The van der Waals surface area contributed by atoms with Crippen LogP contribution in [0.2, 0.25) is 0 Å². The monoisotopic (exact) mass is 203 g/mol. The molecule has 1 unspecified atom stereocenters. The Balaban J connectivity index is 2.49. The maximum atomic E-state index is 10.8. The zero-order valence-corrected chi connectivity index (χ0v) is 8.82. The molecule has 0 radical (unpaired) electrons. The first-order valence-corrected chi connectivity index (χ1v) is 4.65. The molecule has 5 heteroatoms. The molecule has 0 aromatic heterocycles. The van der Waals surface area contributed by atoms with Crippen LogP contribution in [0.4, 0.5) is 0 Å². The minimum absolute atomic E-state index is 0.423. The van der Waals surface area contributed by atoms with Gasteiger partial charge in [0.1, 0.15) is 6.04 Å². The van der Waals surface area contributed by atoms with Crippen LogP contribution >= 0.6 is 0 Å². The Labute approximate surface area is 83.6 Å². The van der Waals surface area contributed by atoms with Gasteiger partial charge < -0.3 is 14.6 Å². The first-order chi connectivity index (χ1) is 6.58. The zero-order chi connectivity index (χ0) is 10.8. The van der Waals surface area contributed by atoms with Gasteiger partial charge in [0.25, 0.3) is 0 Å². The normalized spacial score (nSPS) is 22.8. The first kappa shape index (κ1) is 11.4. The molecule has 0 bridgehead atoms. The highest BCUT2D eigenvalue weighted by Gasteiger charge is 2.47. The summed E-state index contributed by atoms with van der Waals surface area (Å²) >= 11 is 0. The second kappa shape index (κ2) is 4.25. The van der Waals surface area contributed by atoms with Gasteiger partial charge in [-0.2, -0.15) is 0 Å². The Morgan fingerprint density at radius 1 is 1.50 bits per heavy atom. The molecule has 1 fully saturated rings. The zero-order valence-electron chi connectivity index (χ0n) is 8.82. The van der Waals surface area contributed by atoms with Crippen LogP contribution in [-0.2, 0) is 14.3 Å². The smallest absolute Gasteiger partial charge is 0.320 e. The van der Waals surface area contributed by atoms with Gasteiger partial charge in [0.15, 0.2) is 5.79 Å². The van der Waals surface area contributed by atoms with Crippen molar-refractivity contribution in [3.05, 3.63) is 0 Å². The summed E-state index contributed by atoms with van der Waals surface area (Å²) in [5, 5.41) is 8.90. The van der Waals surface area contributed by atoms with Crippen LogP contribution in [0.1, 0.15) is 13.3 Å². The van der Waals surface area contributed by atoms with E-state index < -0.39 is 17.8 Å². The highest BCUT2D eigenvalue weighted by atomic mass is 16.7. The third kappa shape index (κ3) is 1.89. The lowest BCUT2D eigenvalue weighted by Crippen LogP contribution is -2.67. The number of likely N-dealkylation sites (tertiary alicyclic amines) is 1. The molecule has 0 aromatic carbocycles. The van der Waals surface area contributed by atoms with Gasteiger partial charge in [-0.15, -0.1) is 0 Å². The highest BCUT2D eigenvalue weighted by Crippen LogP contribution is 2.28. The summed E-state index contributed by atoms with van der Waals surface area (Å²) < 4.78 is 10.3. The topological polar surface area (TPSA) is 59.0 Å². The SMILES string of the molecule is CCC(C(=O)O)N1CC(OC)(OC)C1. The Kier molecular flexibility index (Phi) is 3.47. The van der Waals surface area contributed by atoms with Gasteiger partial charge in [0.2, 0.25) is 0 Å². The molecule has 1 saturated heterocycles. The number of hydrogen-bond donors (Lipinski definition) is 1. The number of ether oxygens (including phenoxy) is 2. The summed E-state index contributed by atoms with van der Waals surface area (Å²) in [4.78, 5) is 12.7. The first-order valence-electron chi connectivity index (χ1n) is 4.65. The van der Waals surface area contributed by atoms with Crippen molar-refractivity contribution in [3.8, 4) is 0 Å². The molecule has 82 valence electrons. The molecule has 0 spiro atoms. The van der Waals surface area contributed by atoms with Crippen LogP contribution in [0, 0.1) is 0 Å². The molecular formula is C9H17NO4. The van der Waals surface area contributed by atoms with E-state index in [1.165, 1.54) is 0 Å². The summed E-state index contributed by atoms with van der Waals surface area (Å²) in [6, 6.07) is -0.423. The molecule has 0 aliphatic carbocycles. The molecule has 1 N–H and O–H groups in total. The third-order valence-corrected chi connectivity index (χ3v) is 2.74. The van der Waals surface area contributed by atoms with Gasteiger partial charge in [0.05, 0.1) is 13.1 Å². The fourth-order valence-electron chi connectivity index (χ4n) is 1.72.